The number of aliphatic hydroxyl groups is 1. The van der Waals surface area contributed by atoms with Crippen LogP contribution in [0.4, 0.5) is 4.79 Å². The number of rotatable bonds is 4. The Bertz CT molecular complexity index is 621. The highest BCUT2D eigenvalue weighted by Crippen LogP contribution is 2.34. The van der Waals surface area contributed by atoms with Crippen molar-refractivity contribution in [3.05, 3.63) is 71.8 Å². The molecule has 1 aliphatic heterocycles. The smallest absolute Gasteiger partial charge is 0.410 e. The molecule has 1 fully saturated rings. The van der Waals surface area contributed by atoms with Crippen LogP contribution in [-0.4, -0.2) is 35.8 Å². The summed E-state index contributed by atoms with van der Waals surface area (Å²) in [5, 5.41) is 9.72. The van der Waals surface area contributed by atoms with Crippen molar-refractivity contribution in [3.63, 3.8) is 0 Å². The van der Waals surface area contributed by atoms with Crippen LogP contribution in [-0.2, 0) is 16.8 Å². The first kappa shape index (κ1) is 14.6. The third kappa shape index (κ3) is 2.83. The number of likely N-dealkylation sites (tertiary alicyclic amines) is 1. The van der Waals surface area contributed by atoms with Gasteiger partial charge in [0.1, 0.15) is 6.61 Å². The summed E-state index contributed by atoms with van der Waals surface area (Å²) in [6.07, 6.45) is -0.330. The van der Waals surface area contributed by atoms with Gasteiger partial charge in [-0.3, -0.25) is 0 Å². The SMILES string of the molecule is O=C(OCc1ccccc1)N1CC(CO)(c2ccccc2)C1. The maximum atomic E-state index is 12.1. The van der Waals surface area contributed by atoms with E-state index in [1.54, 1.807) is 4.90 Å². The molecule has 0 bridgehead atoms. The van der Waals surface area contributed by atoms with Crippen molar-refractivity contribution in [2.24, 2.45) is 0 Å². The van der Waals surface area contributed by atoms with E-state index in [0.717, 1.165) is 11.1 Å². The van der Waals surface area contributed by atoms with E-state index in [9.17, 15) is 9.90 Å². The van der Waals surface area contributed by atoms with E-state index in [2.05, 4.69) is 0 Å². The number of carbonyl (C=O) groups excluding carboxylic acids is 1. The summed E-state index contributed by atoms with van der Waals surface area (Å²) in [6.45, 7) is 1.27. The Morgan fingerprint density at radius 3 is 2.23 bits per heavy atom. The number of ether oxygens (including phenoxy) is 1. The first-order valence-corrected chi connectivity index (χ1v) is 7.35. The van der Waals surface area contributed by atoms with E-state index in [4.69, 9.17) is 4.74 Å². The Morgan fingerprint density at radius 1 is 1.05 bits per heavy atom. The molecule has 0 aliphatic carbocycles. The number of amides is 1. The van der Waals surface area contributed by atoms with Crippen LogP contribution < -0.4 is 0 Å². The summed E-state index contributed by atoms with van der Waals surface area (Å²) in [5.74, 6) is 0. The molecule has 22 heavy (non-hydrogen) atoms. The molecule has 1 N–H and O–H groups in total. The zero-order valence-corrected chi connectivity index (χ0v) is 12.3. The predicted octanol–water partition coefficient (Wildman–Crippen LogP) is 2.57. The Kier molecular flexibility index (Phi) is 4.11. The number of carbonyl (C=O) groups is 1. The molecule has 1 amide bonds. The molecule has 1 aliphatic rings. The highest BCUT2D eigenvalue weighted by molar-refractivity contribution is 5.69. The van der Waals surface area contributed by atoms with Gasteiger partial charge in [-0.25, -0.2) is 4.79 Å². The van der Waals surface area contributed by atoms with Gasteiger partial charge in [0.2, 0.25) is 0 Å². The zero-order chi connectivity index (χ0) is 15.4. The van der Waals surface area contributed by atoms with Crippen LogP contribution >= 0.6 is 0 Å². The largest absolute Gasteiger partial charge is 0.445 e. The second-order valence-corrected chi connectivity index (χ2v) is 5.70. The Morgan fingerprint density at radius 2 is 1.64 bits per heavy atom. The zero-order valence-electron chi connectivity index (χ0n) is 12.3. The molecule has 4 nitrogen and oxygen atoms in total. The lowest BCUT2D eigenvalue weighted by molar-refractivity contribution is 0.00848. The molecule has 4 heteroatoms. The summed E-state index contributed by atoms with van der Waals surface area (Å²) in [7, 11) is 0. The Labute approximate surface area is 130 Å². The number of hydrogen-bond donors (Lipinski definition) is 1. The molecule has 1 saturated heterocycles. The minimum Gasteiger partial charge on any atom is -0.445 e. The number of benzene rings is 2. The van der Waals surface area contributed by atoms with E-state index >= 15 is 0 Å². The van der Waals surface area contributed by atoms with Crippen LogP contribution in [0.1, 0.15) is 11.1 Å². The Balaban J connectivity index is 1.57. The van der Waals surface area contributed by atoms with Gasteiger partial charge in [-0.15, -0.1) is 0 Å². The van der Waals surface area contributed by atoms with E-state index in [0.29, 0.717) is 13.1 Å². The normalized spacial score (nSPS) is 16.0. The van der Waals surface area contributed by atoms with E-state index < -0.39 is 0 Å². The quantitative estimate of drug-likeness (QED) is 0.943. The first-order chi connectivity index (χ1) is 10.7. The maximum absolute atomic E-state index is 12.1. The fourth-order valence-electron chi connectivity index (χ4n) is 2.79. The van der Waals surface area contributed by atoms with Crippen molar-refractivity contribution in [3.8, 4) is 0 Å². The van der Waals surface area contributed by atoms with Crippen molar-refractivity contribution in [1.29, 1.82) is 0 Å². The van der Waals surface area contributed by atoms with E-state index in [1.165, 1.54) is 0 Å². The van der Waals surface area contributed by atoms with Gasteiger partial charge in [0, 0.05) is 13.1 Å². The summed E-state index contributed by atoms with van der Waals surface area (Å²) >= 11 is 0. The molecule has 0 unspecified atom stereocenters. The molecule has 0 atom stereocenters. The summed E-state index contributed by atoms with van der Waals surface area (Å²) < 4.78 is 5.31. The van der Waals surface area contributed by atoms with Gasteiger partial charge in [-0.1, -0.05) is 60.7 Å². The Hall–Kier alpha value is -2.33. The van der Waals surface area contributed by atoms with Crippen LogP contribution in [0.25, 0.3) is 0 Å². The summed E-state index contributed by atoms with van der Waals surface area (Å²) in [5.41, 5.74) is 1.67. The fraction of sp³-hybridized carbons (Fsp3) is 0.278. The van der Waals surface area contributed by atoms with Gasteiger partial charge in [0.05, 0.1) is 12.0 Å². The third-order valence-corrected chi connectivity index (χ3v) is 4.14. The standard InChI is InChI=1S/C18H19NO3/c20-14-18(16-9-5-2-6-10-16)12-19(13-18)17(21)22-11-15-7-3-1-4-8-15/h1-10,20H,11-14H2. The molecule has 2 aromatic rings. The van der Waals surface area contributed by atoms with Crippen LogP contribution in [0.2, 0.25) is 0 Å². The molecule has 114 valence electrons. The lowest BCUT2D eigenvalue weighted by atomic mass is 9.74. The molecule has 1 heterocycles. The van der Waals surface area contributed by atoms with Gasteiger partial charge in [-0.05, 0) is 11.1 Å². The number of aliphatic hydroxyl groups excluding tert-OH is 1. The topological polar surface area (TPSA) is 49.8 Å². The predicted molar refractivity (Wildman–Crippen MR) is 83.4 cm³/mol. The number of nitrogens with zero attached hydrogens (tertiary/aromatic N) is 1. The van der Waals surface area contributed by atoms with Gasteiger partial charge < -0.3 is 14.7 Å². The minimum atomic E-state index is -0.354. The second-order valence-electron chi connectivity index (χ2n) is 5.70. The van der Waals surface area contributed by atoms with Crippen molar-refractivity contribution in [2.45, 2.75) is 12.0 Å². The first-order valence-electron chi connectivity index (χ1n) is 7.35. The highest BCUT2D eigenvalue weighted by atomic mass is 16.6. The molecule has 0 aromatic heterocycles. The maximum Gasteiger partial charge on any atom is 0.410 e. The monoisotopic (exact) mass is 297 g/mol. The average Bonchev–Trinajstić information content (AvgIpc) is 2.54. The van der Waals surface area contributed by atoms with E-state index in [1.807, 2.05) is 60.7 Å². The molecule has 0 spiro atoms. The second kappa shape index (κ2) is 6.20. The van der Waals surface area contributed by atoms with Gasteiger partial charge >= 0.3 is 6.09 Å². The minimum absolute atomic E-state index is 0.0273. The molecule has 3 rings (SSSR count). The lowest BCUT2D eigenvalue weighted by Gasteiger charge is -2.48. The fourth-order valence-corrected chi connectivity index (χ4v) is 2.79. The molecule has 2 aromatic carbocycles. The molecule has 0 saturated carbocycles. The van der Waals surface area contributed by atoms with Crippen LogP contribution in [0.15, 0.2) is 60.7 Å². The molecular weight excluding hydrogens is 278 g/mol. The lowest BCUT2D eigenvalue weighted by Crippen LogP contribution is -2.63. The molecule has 0 radical (unpaired) electrons. The van der Waals surface area contributed by atoms with E-state index in [-0.39, 0.29) is 24.7 Å². The van der Waals surface area contributed by atoms with Crippen LogP contribution in [0, 0.1) is 0 Å². The highest BCUT2D eigenvalue weighted by Gasteiger charge is 2.46. The third-order valence-electron chi connectivity index (χ3n) is 4.14. The van der Waals surface area contributed by atoms with Crippen LogP contribution in [0.5, 0.6) is 0 Å². The van der Waals surface area contributed by atoms with Gasteiger partial charge in [-0.2, -0.15) is 0 Å². The van der Waals surface area contributed by atoms with Crippen molar-refractivity contribution in [2.75, 3.05) is 19.7 Å². The van der Waals surface area contributed by atoms with Crippen molar-refractivity contribution in [1.82, 2.24) is 4.90 Å². The average molecular weight is 297 g/mol. The summed E-state index contributed by atoms with van der Waals surface area (Å²) in [4.78, 5) is 13.7. The molecular formula is C18H19NO3. The van der Waals surface area contributed by atoms with Crippen LogP contribution in [0.3, 0.4) is 0 Å². The van der Waals surface area contributed by atoms with Crippen molar-refractivity contribution < 1.29 is 14.6 Å². The van der Waals surface area contributed by atoms with Gasteiger partial charge in [0.15, 0.2) is 0 Å². The summed E-state index contributed by atoms with van der Waals surface area (Å²) in [6, 6.07) is 19.4. The van der Waals surface area contributed by atoms with Crippen molar-refractivity contribution >= 4 is 6.09 Å². The number of hydrogen-bond acceptors (Lipinski definition) is 3. The van der Waals surface area contributed by atoms with Gasteiger partial charge in [0.25, 0.3) is 0 Å².